The second-order valence-corrected chi connectivity index (χ2v) is 15.8. The average Bonchev–Trinajstić information content (AvgIpc) is 3.71. The number of hydrogen-bond acceptors (Lipinski definition) is 2. The molecule has 0 aliphatic heterocycles. The lowest BCUT2D eigenvalue weighted by Crippen LogP contribution is -2.16. The first-order valence-corrected chi connectivity index (χ1v) is 18.3. The Morgan fingerprint density at radius 3 is 1.69 bits per heavy atom. The van der Waals surface area contributed by atoms with Gasteiger partial charge in [-0.25, -0.2) is 0 Å². The Hall–Kier alpha value is -6.12. The first-order valence-electron chi connectivity index (χ1n) is 18.3. The molecular formula is C50H37NO. The monoisotopic (exact) mass is 667 g/mol. The van der Waals surface area contributed by atoms with E-state index in [4.69, 9.17) is 4.42 Å². The maximum absolute atomic E-state index is 6.34. The third-order valence-corrected chi connectivity index (χ3v) is 12.2. The van der Waals surface area contributed by atoms with Crippen LogP contribution in [0.3, 0.4) is 0 Å². The first-order chi connectivity index (χ1) is 25.3. The van der Waals surface area contributed by atoms with Crippen molar-refractivity contribution in [1.29, 1.82) is 0 Å². The average molecular weight is 668 g/mol. The van der Waals surface area contributed by atoms with E-state index in [2.05, 4.69) is 178 Å². The molecule has 2 heteroatoms. The van der Waals surface area contributed by atoms with E-state index in [9.17, 15) is 0 Å². The van der Waals surface area contributed by atoms with Crippen LogP contribution in [0.4, 0.5) is 17.1 Å². The highest BCUT2D eigenvalue weighted by Gasteiger charge is 2.38. The van der Waals surface area contributed by atoms with Gasteiger partial charge in [0.1, 0.15) is 11.2 Å². The highest BCUT2D eigenvalue weighted by molar-refractivity contribution is 6.07. The quantitative estimate of drug-likeness (QED) is 0.186. The SMILES string of the molecule is CC1(C)c2cc3ccccc3cc2-c2cc3ccc(N(c4ccccc4)c4ccc5c(c4)C(C)(C)c4cc6c(cc4-5)oc4ccccc46)cc3cc21. The van der Waals surface area contributed by atoms with Gasteiger partial charge >= 0.3 is 0 Å². The summed E-state index contributed by atoms with van der Waals surface area (Å²) in [5, 5.41) is 7.47. The van der Waals surface area contributed by atoms with Gasteiger partial charge in [-0.15, -0.1) is 0 Å². The summed E-state index contributed by atoms with van der Waals surface area (Å²) in [6.07, 6.45) is 0. The zero-order valence-corrected chi connectivity index (χ0v) is 29.8. The molecular weight excluding hydrogens is 631 g/mol. The van der Waals surface area contributed by atoms with Crippen molar-refractivity contribution >= 4 is 60.5 Å². The molecule has 11 rings (SSSR count). The zero-order valence-electron chi connectivity index (χ0n) is 29.8. The van der Waals surface area contributed by atoms with Gasteiger partial charge < -0.3 is 9.32 Å². The van der Waals surface area contributed by atoms with E-state index >= 15 is 0 Å². The van der Waals surface area contributed by atoms with Crippen molar-refractivity contribution in [3.05, 3.63) is 174 Å². The van der Waals surface area contributed by atoms with Crippen molar-refractivity contribution in [2.75, 3.05) is 4.90 Å². The van der Waals surface area contributed by atoms with Crippen molar-refractivity contribution < 1.29 is 4.42 Å². The van der Waals surface area contributed by atoms with Gasteiger partial charge in [0.25, 0.3) is 0 Å². The molecule has 1 heterocycles. The number of para-hydroxylation sites is 2. The maximum atomic E-state index is 6.34. The first kappa shape index (κ1) is 29.6. The van der Waals surface area contributed by atoms with Gasteiger partial charge in [-0.3, -0.25) is 0 Å². The molecule has 2 aliphatic rings. The van der Waals surface area contributed by atoms with Crippen LogP contribution >= 0.6 is 0 Å². The predicted molar refractivity (Wildman–Crippen MR) is 219 cm³/mol. The predicted octanol–water partition coefficient (Wildman–Crippen LogP) is 14.0. The lowest BCUT2D eigenvalue weighted by atomic mass is 9.81. The summed E-state index contributed by atoms with van der Waals surface area (Å²) in [5.41, 5.74) is 15.8. The fourth-order valence-electron chi connectivity index (χ4n) is 9.39. The van der Waals surface area contributed by atoms with E-state index < -0.39 is 0 Å². The van der Waals surface area contributed by atoms with Gasteiger partial charge in [0.2, 0.25) is 0 Å². The Bertz CT molecular complexity index is 2960. The van der Waals surface area contributed by atoms with Gasteiger partial charge in [0.05, 0.1) is 0 Å². The molecule has 0 saturated heterocycles. The molecule has 1 aromatic heterocycles. The molecule has 2 nitrogen and oxygen atoms in total. The third kappa shape index (κ3) is 4.01. The lowest BCUT2D eigenvalue weighted by Gasteiger charge is -2.28. The third-order valence-electron chi connectivity index (χ3n) is 12.2. The van der Waals surface area contributed by atoms with Crippen LogP contribution in [0.15, 0.2) is 156 Å². The molecule has 0 saturated carbocycles. The van der Waals surface area contributed by atoms with Gasteiger partial charge in [0.15, 0.2) is 0 Å². The number of benzene rings is 8. The van der Waals surface area contributed by atoms with Crippen LogP contribution in [0.2, 0.25) is 0 Å². The summed E-state index contributed by atoms with van der Waals surface area (Å²) in [5.74, 6) is 0. The molecule has 0 N–H and O–H groups in total. The number of fused-ring (bicyclic) bond motifs is 11. The van der Waals surface area contributed by atoms with Crippen LogP contribution in [0.1, 0.15) is 49.9 Å². The Labute approximate surface area is 303 Å². The van der Waals surface area contributed by atoms with Crippen molar-refractivity contribution in [1.82, 2.24) is 0 Å². The topological polar surface area (TPSA) is 16.4 Å². The van der Waals surface area contributed by atoms with E-state index in [1.807, 2.05) is 6.07 Å². The van der Waals surface area contributed by atoms with E-state index in [0.29, 0.717) is 0 Å². The van der Waals surface area contributed by atoms with Crippen LogP contribution < -0.4 is 4.90 Å². The normalized spacial score (nSPS) is 14.8. The fraction of sp³-hybridized carbons (Fsp3) is 0.120. The largest absolute Gasteiger partial charge is 0.456 e. The molecule has 9 aromatic rings. The molecule has 0 atom stereocenters. The number of furan rings is 1. The molecule has 0 spiro atoms. The number of nitrogens with zero attached hydrogens (tertiary/aromatic N) is 1. The molecule has 248 valence electrons. The Kier molecular flexibility index (Phi) is 5.83. The standard InChI is InChI=1S/C50H37NO/c1-49(2)43-25-31-13-9-8-12-30(31)23-39(43)40-24-32-18-19-35(22-33(32)26-44(40)49)51(34-14-6-5-7-15-34)36-20-21-37-41-29-48-42(38-16-10-11-17-47(38)52-48)28-46(41)50(3,4)45(37)27-36/h5-29H,1-4H3. The van der Waals surface area contributed by atoms with Gasteiger partial charge in [-0.05, 0) is 145 Å². The van der Waals surface area contributed by atoms with E-state index in [-0.39, 0.29) is 10.8 Å². The highest BCUT2D eigenvalue weighted by atomic mass is 16.3. The van der Waals surface area contributed by atoms with E-state index in [0.717, 1.165) is 28.2 Å². The van der Waals surface area contributed by atoms with Crippen molar-refractivity contribution in [2.24, 2.45) is 0 Å². The van der Waals surface area contributed by atoms with Crippen LogP contribution in [-0.2, 0) is 10.8 Å². The van der Waals surface area contributed by atoms with Gasteiger partial charge in [-0.1, -0.05) is 100 Å². The molecule has 52 heavy (non-hydrogen) atoms. The van der Waals surface area contributed by atoms with Crippen LogP contribution in [0.25, 0.3) is 65.7 Å². The molecule has 0 fully saturated rings. The smallest absolute Gasteiger partial charge is 0.136 e. The minimum atomic E-state index is -0.176. The van der Waals surface area contributed by atoms with Crippen LogP contribution in [0, 0.1) is 0 Å². The summed E-state index contributed by atoms with van der Waals surface area (Å²) in [7, 11) is 0. The summed E-state index contributed by atoms with van der Waals surface area (Å²) < 4.78 is 6.34. The highest BCUT2D eigenvalue weighted by Crippen LogP contribution is 2.54. The van der Waals surface area contributed by atoms with E-state index in [1.165, 1.54) is 76.8 Å². The number of hydrogen-bond donors (Lipinski definition) is 0. The lowest BCUT2D eigenvalue weighted by molar-refractivity contribution is 0.658. The summed E-state index contributed by atoms with van der Waals surface area (Å²) in [6.45, 7) is 9.48. The summed E-state index contributed by atoms with van der Waals surface area (Å²) in [4.78, 5) is 2.41. The Morgan fingerprint density at radius 1 is 0.365 bits per heavy atom. The van der Waals surface area contributed by atoms with Crippen molar-refractivity contribution in [3.63, 3.8) is 0 Å². The second-order valence-electron chi connectivity index (χ2n) is 15.8. The molecule has 2 aliphatic carbocycles. The van der Waals surface area contributed by atoms with Gasteiger partial charge in [-0.2, -0.15) is 0 Å². The van der Waals surface area contributed by atoms with E-state index in [1.54, 1.807) is 0 Å². The molecule has 0 radical (unpaired) electrons. The summed E-state index contributed by atoms with van der Waals surface area (Å²) >= 11 is 0. The number of rotatable bonds is 3. The molecule has 0 bridgehead atoms. The summed E-state index contributed by atoms with van der Waals surface area (Å²) in [6, 6.07) is 56.2. The maximum Gasteiger partial charge on any atom is 0.136 e. The molecule has 0 unspecified atom stereocenters. The van der Waals surface area contributed by atoms with Crippen molar-refractivity contribution in [2.45, 2.75) is 38.5 Å². The Balaban J connectivity index is 1.05. The Morgan fingerprint density at radius 2 is 0.923 bits per heavy atom. The van der Waals surface area contributed by atoms with Crippen molar-refractivity contribution in [3.8, 4) is 22.3 Å². The zero-order chi connectivity index (χ0) is 34.9. The minimum Gasteiger partial charge on any atom is -0.456 e. The van der Waals surface area contributed by atoms with Gasteiger partial charge in [0, 0.05) is 38.7 Å². The molecule has 0 amide bonds. The van der Waals surface area contributed by atoms with Crippen LogP contribution in [0.5, 0.6) is 0 Å². The fourth-order valence-corrected chi connectivity index (χ4v) is 9.39. The molecule has 8 aromatic carbocycles. The number of anilines is 3. The second kappa shape index (κ2) is 10.2. The minimum absolute atomic E-state index is 0.0914. The van der Waals surface area contributed by atoms with Crippen LogP contribution in [-0.4, -0.2) is 0 Å².